The smallest absolute Gasteiger partial charge is 0.102 e. The van der Waals surface area contributed by atoms with Gasteiger partial charge in [-0.2, -0.15) is 5.26 Å². The van der Waals surface area contributed by atoms with Gasteiger partial charge in [-0.25, -0.2) is 0 Å². The summed E-state index contributed by atoms with van der Waals surface area (Å²) in [5.41, 5.74) is 3.98. The van der Waals surface area contributed by atoms with Crippen molar-refractivity contribution in [2.75, 3.05) is 11.9 Å². The lowest BCUT2D eigenvalue weighted by Crippen LogP contribution is -2.11. The minimum Gasteiger partial charge on any atom is -0.383 e. The van der Waals surface area contributed by atoms with Crippen LogP contribution in [0.25, 0.3) is 0 Å². The Labute approximate surface area is 114 Å². The molecule has 1 N–H and O–H groups in total. The fourth-order valence-corrected chi connectivity index (χ4v) is 2.13. The third kappa shape index (κ3) is 3.14. The maximum absolute atomic E-state index is 9.19. The van der Waals surface area contributed by atoms with Crippen molar-refractivity contribution in [3.05, 3.63) is 65.2 Å². The highest BCUT2D eigenvalue weighted by Crippen LogP contribution is 2.21. The Morgan fingerprint density at radius 3 is 2.53 bits per heavy atom. The summed E-state index contributed by atoms with van der Waals surface area (Å²) in [6, 6.07) is 18.6. The minimum absolute atomic E-state index is 0.410. The molecule has 0 amide bonds. The van der Waals surface area contributed by atoms with Crippen molar-refractivity contribution in [2.45, 2.75) is 19.8 Å². The van der Waals surface area contributed by atoms with Crippen LogP contribution in [0.3, 0.4) is 0 Å². The molecule has 0 aliphatic heterocycles. The Morgan fingerprint density at radius 1 is 1.11 bits per heavy atom. The van der Waals surface area contributed by atoms with E-state index in [1.165, 1.54) is 5.56 Å². The highest BCUT2D eigenvalue weighted by atomic mass is 14.9. The number of nitrogens with zero attached hydrogens (tertiary/aromatic N) is 1. The first kappa shape index (κ1) is 13.2. The molecule has 0 radical (unpaired) electrons. The van der Waals surface area contributed by atoms with Gasteiger partial charge in [0.05, 0.1) is 11.3 Å². The summed E-state index contributed by atoms with van der Waals surface area (Å²) in [4.78, 5) is 0. The molecule has 2 rings (SSSR count). The molecule has 1 atom stereocenters. The average molecular weight is 250 g/mol. The Morgan fingerprint density at radius 2 is 1.84 bits per heavy atom. The van der Waals surface area contributed by atoms with E-state index in [2.05, 4.69) is 42.6 Å². The lowest BCUT2D eigenvalue weighted by molar-refractivity contribution is 0.804. The minimum atomic E-state index is 0.410. The van der Waals surface area contributed by atoms with Crippen molar-refractivity contribution >= 4 is 5.69 Å². The molecular weight excluding hydrogens is 232 g/mol. The third-order valence-electron chi connectivity index (χ3n) is 3.35. The fraction of sp³-hybridized carbons (Fsp3) is 0.235. The zero-order valence-corrected chi connectivity index (χ0v) is 11.4. The molecule has 0 saturated heterocycles. The molecule has 0 heterocycles. The van der Waals surface area contributed by atoms with E-state index in [0.717, 1.165) is 23.4 Å². The van der Waals surface area contributed by atoms with Crippen LogP contribution < -0.4 is 5.32 Å². The van der Waals surface area contributed by atoms with Crippen molar-refractivity contribution in [1.29, 1.82) is 5.26 Å². The number of rotatable bonds is 4. The monoisotopic (exact) mass is 250 g/mol. The molecule has 0 aliphatic rings. The van der Waals surface area contributed by atoms with Crippen LogP contribution in [-0.4, -0.2) is 6.54 Å². The summed E-state index contributed by atoms with van der Waals surface area (Å²) in [6.07, 6.45) is 0. The molecular formula is C17H18N2. The third-order valence-corrected chi connectivity index (χ3v) is 3.35. The van der Waals surface area contributed by atoms with Crippen molar-refractivity contribution in [3.63, 3.8) is 0 Å². The van der Waals surface area contributed by atoms with Gasteiger partial charge in [-0.05, 0) is 30.0 Å². The highest BCUT2D eigenvalue weighted by Gasteiger charge is 2.08. The Hall–Kier alpha value is -2.27. The zero-order chi connectivity index (χ0) is 13.7. The van der Waals surface area contributed by atoms with E-state index < -0.39 is 0 Å². The van der Waals surface area contributed by atoms with Crippen LogP contribution >= 0.6 is 0 Å². The predicted octanol–water partition coefficient (Wildman–Crippen LogP) is 4.08. The average Bonchev–Trinajstić information content (AvgIpc) is 2.45. The summed E-state index contributed by atoms with van der Waals surface area (Å²) in [6.45, 7) is 4.97. The number of hydrogen-bond acceptors (Lipinski definition) is 2. The van der Waals surface area contributed by atoms with Crippen LogP contribution in [0.2, 0.25) is 0 Å². The Bertz CT molecular complexity index is 582. The molecule has 2 aromatic carbocycles. The summed E-state index contributed by atoms with van der Waals surface area (Å²) < 4.78 is 0. The van der Waals surface area contributed by atoms with Gasteiger partial charge in [-0.3, -0.25) is 0 Å². The van der Waals surface area contributed by atoms with E-state index in [1.807, 2.05) is 31.2 Å². The second-order valence-electron chi connectivity index (χ2n) is 4.80. The first-order valence-electron chi connectivity index (χ1n) is 6.51. The first-order valence-corrected chi connectivity index (χ1v) is 6.51. The van der Waals surface area contributed by atoms with Crippen molar-refractivity contribution < 1.29 is 0 Å². The maximum Gasteiger partial charge on any atom is 0.102 e. The van der Waals surface area contributed by atoms with Crippen LogP contribution in [0.15, 0.2) is 48.5 Å². The van der Waals surface area contributed by atoms with E-state index in [4.69, 9.17) is 0 Å². The van der Waals surface area contributed by atoms with Crippen molar-refractivity contribution in [1.82, 2.24) is 0 Å². The van der Waals surface area contributed by atoms with Gasteiger partial charge >= 0.3 is 0 Å². The zero-order valence-electron chi connectivity index (χ0n) is 11.4. The SMILES string of the molecule is Cc1cccc(NCC(C)c2ccccc2)c1C#N. The molecule has 2 aromatic rings. The number of benzene rings is 2. The summed E-state index contributed by atoms with van der Waals surface area (Å²) >= 11 is 0. The van der Waals surface area contributed by atoms with E-state index >= 15 is 0 Å². The summed E-state index contributed by atoms with van der Waals surface area (Å²) in [7, 11) is 0. The second kappa shape index (κ2) is 6.06. The van der Waals surface area contributed by atoms with E-state index in [0.29, 0.717) is 5.92 Å². The maximum atomic E-state index is 9.19. The molecule has 2 heteroatoms. The Kier molecular flexibility index (Phi) is 4.20. The van der Waals surface area contributed by atoms with Gasteiger partial charge in [-0.15, -0.1) is 0 Å². The molecule has 0 saturated carbocycles. The van der Waals surface area contributed by atoms with E-state index in [-0.39, 0.29) is 0 Å². The van der Waals surface area contributed by atoms with E-state index in [1.54, 1.807) is 0 Å². The van der Waals surface area contributed by atoms with Crippen LogP contribution in [0.1, 0.15) is 29.5 Å². The molecule has 96 valence electrons. The lowest BCUT2D eigenvalue weighted by atomic mass is 10.0. The normalized spacial score (nSPS) is 11.6. The Balaban J connectivity index is 2.08. The van der Waals surface area contributed by atoms with Gasteiger partial charge in [0.25, 0.3) is 0 Å². The quantitative estimate of drug-likeness (QED) is 0.887. The van der Waals surface area contributed by atoms with Gasteiger partial charge in [0, 0.05) is 6.54 Å². The molecule has 2 nitrogen and oxygen atoms in total. The van der Waals surface area contributed by atoms with Crippen molar-refractivity contribution in [3.8, 4) is 6.07 Å². The molecule has 19 heavy (non-hydrogen) atoms. The standard InChI is InChI=1S/C17H18N2/c1-13-7-6-10-17(16(13)11-18)19-12-14(2)15-8-4-3-5-9-15/h3-10,14,19H,12H2,1-2H3. The number of aryl methyl sites for hydroxylation is 1. The van der Waals surface area contributed by atoms with E-state index in [9.17, 15) is 5.26 Å². The lowest BCUT2D eigenvalue weighted by Gasteiger charge is -2.15. The van der Waals surface area contributed by atoms with Gasteiger partial charge in [0.15, 0.2) is 0 Å². The fourth-order valence-electron chi connectivity index (χ4n) is 2.13. The summed E-state index contributed by atoms with van der Waals surface area (Å²) in [5.74, 6) is 0.410. The van der Waals surface area contributed by atoms with Crippen LogP contribution in [0, 0.1) is 18.3 Å². The van der Waals surface area contributed by atoms with Crippen molar-refractivity contribution in [2.24, 2.45) is 0 Å². The largest absolute Gasteiger partial charge is 0.383 e. The molecule has 0 spiro atoms. The number of nitrogens with one attached hydrogen (secondary N) is 1. The molecule has 0 fully saturated rings. The predicted molar refractivity (Wildman–Crippen MR) is 79.2 cm³/mol. The van der Waals surface area contributed by atoms with Crippen LogP contribution in [0.4, 0.5) is 5.69 Å². The van der Waals surface area contributed by atoms with Crippen LogP contribution in [0.5, 0.6) is 0 Å². The second-order valence-corrected chi connectivity index (χ2v) is 4.80. The molecule has 0 aliphatic carbocycles. The number of hydrogen-bond donors (Lipinski definition) is 1. The highest BCUT2D eigenvalue weighted by molar-refractivity contribution is 5.60. The van der Waals surface area contributed by atoms with Gasteiger partial charge in [0.2, 0.25) is 0 Å². The van der Waals surface area contributed by atoms with Crippen LogP contribution in [-0.2, 0) is 0 Å². The van der Waals surface area contributed by atoms with Gasteiger partial charge < -0.3 is 5.32 Å². The topological polar surface area (TPSA) is 35.8 Å². The molecule has 1 unspecified atom stereocenters. The molecule has 0 aromatic heterocycles. The number of nitriles is 1. The van der Waals surface area contributed by atoms with Gasteiger partial charge in [-0.1, -0.05) is 49.4 Å². The number of anilines is 1. The first-order chi connectivity index (χ1) is 9.22. The van der Waals surface area contributed by atoms with Gasteiger partial charge in [0.1, 0.15) is 6.07 Å². The summed E-state index contributed by atoms with van der Waals surface area (Å²) in [5, 5.41) is 12.6. The molecule has 0 bridgehead atoms.